The van der Waals surface area contributed by atoms with Crippen LogP contribution in [0, 0.1) is 19.7 Å². The predicted molar refractivity (Wildman–Crippen MR) is 93.2 cm³/mol. The fraction of sp³-hybridized carbons (Fsp3) is 0.167. The topological polar surface area (TPSA) is 86.2 Å². The van der Waals surface area contributed by atoms with Gasteiger partial charge in [-0.25, -0.2) is 17.9 Å². The van der Waals surface area contributed by atoms with E-state index in [0.29, 0.717) is 11.6 Å². The van der Waals surface area contributed by atoms with Gasteiger partial charge in [0.2, 0.25) is 15.8 Å². The summed E-state index contributed by atoms with van der Waals surface area (Å²) in [6.07, 6.45) is -4.89. The molecule has 2 N–H and O–H groups in total. The molecule has 0 saturated carbocycles. The number of sulfonamides is 1. The van der Waals surface area contributed by atoms with Gasteiger partial charge in [-0.15, -0.1) is 0 Å². The van der Waals surface area contributed by atoms with Crippen LogP contribution in [0.15, 0.2) is 45.8 Å². The molecule has 0 saturated heterocycles. The second-order valence-electron chi connectivity index (χ2n) is 6.30. The van der Waals surface area contributed by atoms with Crippen molar-refractivity contribution in [3.63, 3.8) is 0 Å². The Hall–Kier alpha value is -2.72. The first kappa shape index (κ1) is 20.0. The molecule has 0 unspecified atom stereocenters. The molecule has 3 rings (SSSR count). The van der Waals surface area contributed by atoms with Gasteiger partial charge in [-0.3, -0.25) is 0 Å². The lowest BCUT2D eigenvalue weighted by atomic mass is 9.96. The third-order valence-corrected chi connectivity index (χ3v) is 4.92. The van der Waals surface area contributed by atoms with Crippen molar-refractivity contribution in [3.8, 4) is 22.4 Å². The van der Waals surface area contributed by atoms with E-state index in [1.807, 2.05) is 6.07 Å². The SMILES string of the molecule is Cc1cc(C)cc(-c2noc(C(F)(F)F)c2-c2ccc(S(N)(=O)=O)c(F)c2)c1. The average Bonchev–Trinajstić information content (AvgIpc) is 2.97. The summed E-state index contributed by atoms with van der Waals surface area (Å²) < 4.78 is 81.9. The molecule has 0 bridgehead atoms. The van der Waals surface area contributed by atoms with Crippen molar-refractivity contribution in [2.45, 2.75) is 24.9 Å². The van der Waals surface area contributed by atoms with Crippen LogP contribution >= 0.6 is 0 Å². The Bertz CT molecular complexity index is 1150. The molecule has 10 heteroatoms. The van der Waals surface area contributed by atoms with Gasteiger partial charge in [-0.05, 0) is 43.7 Å². The molecule has 0 amide bonds. The highest BCUT2D eigenvalue weighted by atomic mass is 32.2. The molecule has 0 aliphatic carbocycles. The number of alkyl halides is 3. The Morgan fingerprint density at radius 2 is 1.61 bits per heavy atom. The van der Waals surface area contributed by atoms with E-state index in [0.717, 1.165) is 23.3 Å². The molecule has 1 heterocycles. The highest BCUT2D eigenvalue weighted by Crippen LogP contribution is 2.43. The van der Waals surface area contributed by atoms with Gasteiger partial charge in [0.05, 0.1) is 5.56 Å². The number of nitrogens with two attached hydrogens (primary N) is 1. The van der Waals surface area contributed by atoms with Gasteiger partial charge in [0.15, 0.2) is 0 Å². The lowest BCUT2D eigenvalue weighted by molar-refractivity contribution is -0.154. The van der Waals surface area contributed by atoms with Crippen molar-refractivity contribution in [2.75, 3.05) is 0 Å². The number of hydrogen-bond donors (Lipinski definition) is 1. The van der Waals surface area contributed by atoms with E-state index >= 15 is 0 Å². The van der Waals surface area contributed by atoms with Crippen molar-refractivity contribution >= 4 is 10.0 Å². The van der Waals surface area contributed by atoms with Crippen LogP contribution < -0.4 is 5.14 Å². The first-order valence-electron chi connectivity index (χ1n) is 7.86. The fourth-order valence-electron chi connectivity index (χ4n) is 2.95. The van der Waals surface area contributed by atoms with E-state index in [2.05, 4.69) is 9.68 Å². The maximum absolute atomic E-state index is 14.2. The van der Waals surface area contributed by atoms with Crippen LogP contribution in [-0.4, -0.2) is 13.6 Å². The number of aromatic nitrogens is 1. The zero-order chi connectivity index (χ0) is 20.9. The largest absolute Gasteiger partial charge is 0.453 e. The number of aryl methyl sites for hydroxylation is 2. The molecular formula is C18H14F4N2O3S. The molecule has 1 aromatic heterocycles. The van der Waals surface area contributed by atoms with Crippen LogP contribution in [0.2, 0.25) is 0 Å². The summed E-state index contributed by atoms with van der Waals surface area (Å²) in [5.41, 5.74) is 1.05. The number of rotatable bonds is 3. The van der Waals surface area contributed by atoms with Gasteiger partial charge < -0.3 is 4.52 Å². The molecule has 0 spiro atoms. The quantitative estimate of drug-likeness (QED) is 0.643. The van der Waals surface area contributed by atoms with Crippen molar-refractivity contribution < 1.29 is 30.5 Å². The highest BCUT2D eigenvalue weighted by molar-refractivity contribution is 7.89. The van der Waals surface area contributed by atoms with Crippen LogP contribution in [-0.2, 0) is 16.2 Å². The summed E-state index contributed by atoms with van der Waals surface area (Å²) in [6.45, 7) is 3.53. The van der Waals surface area contributed by atoms with Crippen molar-refractivity contribution in [1.82, 2.24) is 5.16 Å². The number of benzene rings is 2. The van der Waals surface area contributed by atoms with E-state index in [9.17, 15) is 26.0 Å². The second kappa shape index (κ2) is 6.71. The molecule has 0 aliphatic rings. The van der Waals surface area contributed by atoms with Gasteiger partial charge in [0.25, 0.3) is 0 Å². The van der Waals surface area contributed by atoms with Gasteiger partial charge in [0, 0.05) is 5.56 Å². The number of hydrogen-bond acceptors (Lipinski definition) is 4. The molecule has 0 fully saturated rings. The maximum atomic E-state index is 14.2. The van der Waals surface area contributed by atoms with Crippen LogP contribution in [0.1, 0.15) is 16.9 Å². The molecular weight excluding hydrogens is 400 g/mol. The van der Waals surface area contributed by atoms with Crippen LogP contribution in [0.25, 0.3) is 22.4 Å². The minimum Gasteiger partial charge on any atom is -0.350 e. The molecule has 28 heavy (non-hydrogen) atoms. The Kier molecular flexibility index (Phi) is 4.80. The molecule has 0 atom stereocenters. The first-order chi connectivity index (χ1) is 12.9. The van der Waals surface area contributed by atoms with Gasteiger partial charge in [-0.1, -0.05) is 28.4 Å². The van der Waals surface area contributed by atoms with E-state index < -0.39 is 38.2 Å². The lowest BCUT2D eigenvalue weighted by Crippen LogP contribution is -2.14. The van der Waals surface area contributed by atoms with E-state index in [1.54, 1.807) is 26.0 Å². The zero-order valence-corrected chi connectivity index (χ0v) is 15.5. The minimum atomic E-state index is -4.89. The van der Waals surface area contributed by atoms with Crippen molar-refractivity contribution in [3.05, 3.63) is 59.1 Å². The first-order valence-corrected chi connectivity index (χ1v) is 9.41. The van der Waals surface area contributed by atoms with Gasteiger partial charge in [-0.2, -0.15) is 13.2 Å². The normalized spacial score (nSPS) is 12.4. The summed E-state index contributed by atoms with van der Waals surface area (Å²) in [6, 6.07) is 7.55. The maximum Gasteiger partial charge on any atom is 0.453 e. The Morgan fingerprint density at radius 3 is 2.11 bits per heavy atom. The third kappa shape index (κ3) is 3.78. The Balaban J connectivity index is 2.30. The summed E-state index contributed by atoms with van der Waals surface area (Å²) in [7, 11) is -4.37. The summed E-state index contributed by atoms with van der Waals surface area (Å²) in [5, 5.41) is 8.45. The van der Waals surface area contributed by atoms with Crippen molar-refractivity contribution in [2.24, 2.45) is 5.14 Å². The number of primary sulfonamides is 1. The van der Waals surface area contributed by atoms with Gasteiger partial charge >= 0.3 is 6.18 Å². The summed E-state index contributed by atoms with van der Waals surface area (Å²) in [4.78, 5) is -0.825. The van der Waals surface area contributed by atoms with E-state index in [4.69, 9.17) is 5.14 Å². The van der Waals surface area contributed by atoms with Crippen molar-refractivity contribution in [1.29, 1.82) is 0 Å². The van der Waals surface area contributed by atoms with E-state index in [1.165, 1.54) is 0 Å². The van der Waals surface area contributed by atoms with Gasteiger partial charge in [0.1, 0.15) is 16.4 Å². The molecule has 3 aromatic rings. The standard InChI is InChI=1S/C18H14F4N2O3S/c1-9-5-10(2)7-12(6-9)16-15(17(27-24-16)18(20,21)22)11-3-4-14(13(19)8-11)28(23,25)26/h3-8H,1-2H3,(H2,23,25,26). The fourth-order valence-corrected chi connectivity index (χ4v) is 3.54. The monoisotopic (exact) mass is 414 g/mol. The Labute approximate surface area is 157 Å². The Morgan fingerprint density at radius 1 is 1.00 bits per heavy atom. The molecule has 2 aromatic carbocycles. The highest BCUT2D eigenvalue weighted by Gasteiger charge is 2.41. The van der Waals surface area contributed by atoms with Crippen LogP contribution in [0.5, 0.6) is 0 Å². The molecule has 148 valence electrons. The average molecular weight is 414 g/mol. The third-order valence-electron chi connectivity index (χ3n) is 3.97. The summed E-state index contributed by atoms with van der Waals surface area (Å²) in [5.74, 6) is -2.69. The zero-order valence-electron chi connectivity index (χ0n) is 14.6. The smallest absolute Gasteiger partial charge is 0.350 e. The number of nitrogens with zero attached hydrogens (tertiary/aromatic N) is 1. The minimum absolute atomic E-state index is 0.137. The molecule has 5 nitrogen and oxygen atoms in total. The second-order valence-corrected chi connectivity index (χ2v) is 7.83. The number of halogens is 4. The lowest BCUT2D eigenvalue weighted by Gasteiger charge is -2.09. The molecule has 0 aliphatic heterocycles. The van der Waals surface area contributed by atoms with E-state index in [-0.39, 0.29) is 11.3 Å². The van der Waals surface area contributed by atoms with Crippen LogP contribution in [0.3, 0.4) is 0 Å². The molecule has 0 radical (unpaired) electrons. The van der Waals surface area contributed by atoms with Crippen LogP contribution in [0.4, 0.5) is 17.6 Å². The predicted octanol–water partition coefficient (Wildman–Crippen LogP) is 4.43. The summed E-state index contributed by atoms with van der Waals surface area (Å²) >= 11 is 0.